The SMILES string of the molecule is Cc1nc(NS(=O)(=O)CC2CC2)ccc1Br. The molecule has 4 nitrogen and oxygen atoms in total. The third-order valence-corrected chi connectivity index (χ3v) is 4.70. The molecule has 0 radical (unpaired) electrons. The monoisotopic (exact) mass is 304 g/mol. The molecule has 0 atom stereocenters. The minimum absolute atomic E-state index is 0.212. The molecule has 1 heterocycles. The lowest BCUT2D eigenvalue weighted by Crippen LogP contribution is -2.18. The van der Waals surface area contributed by atoms with Crippen LogP contribution in [0.2, 0.25) is 0 Å². The van der Waals surface area contributed by atoms with Crippen LogP contribution in [0.5, 0.6) is 0 Å². The Morgan fingerprint density at radius 1 is 1.50 bits per heavy atom. The van der Waals surface area contributed by atoms with Gasteiger partial charge in [0, 0.05) is 4.47 Å². The van der Waals surface area contributed by atoms with E-state index in [4.69, 9.17) is 0 Å². The van der Waals surface area contributed by atoms with Gasteiger partial charge in [-0.3, -0.25) is 4.72 Å². The zero-order valence-electron chi connectivity index (χ0n) is 8.90. The zero-order chi connectivity index (χ0) is 11.8. The van der Waals surface area contributed by atoms with Crippen molar-refractivity contribution in [2.24, 2.45) is 5.92 Å². The number of aromatic nitrogens is 1. The van der Waals surface area contributed by atoms with Gasteiger partial charge in [0.15, 0.2) is 0 Å². The molecule has 88 valence electrons. The van der Waals surface area contributed by atoms with E-state index in [0.29, 0.717) is 11.7 Å². The van der Waals surface area contributed by atoms with E-state index >= 15 is 0 Å². The van der Waals surface area contributed by atoms with Crippen molar-refractivity contribution in [2.75, 3.05) is 10.5 Å². The maximum absolute atomic E-state index is 11.7. The van der Waals surface area contributed by atoms with Crippen LogP contribution in [-0.4, -0.2) is 19.2 Å². The van der Waals surface area contributed by atoms with Crippen molar-refractivity contribution in [3.63, 3.8) is 0 Å². The topological polar surface area (TPSA) is 59.1 Å². The molecule has 6 heteroatoms. The Labute approximate surface area is 104 Å². The van der Waals surface area contributed by atoms with Crippen LogP contribution in [-0.2, 0) is 10.0 Å². The smallest absolute Gasteiger partial charge is 0.234 e. The molecule has 0 unspecified atom stereocenters. The van der Waals surface area contributed by atoms with Crippen LogP contribution in [0.4, 0.5) is 5.82 Å². The van der Waals surface area contributed by atoms with Gasteiger partial charge >= 0.3 is 0 Å². The lowest BCUT2D eigenvalue weighted by atomic mass is 10.4. The fraction of sp³-hybridized carbons (Fsp3) is 0.500. The van der Waals surface area contributed by atoms with Crippen LogP contribution in [0.1, 0.15) is 18.5 Å². The number of aryl methyl sites for hydroxylation is 1. The number of halogens is 1. The summed E-state index contributed by atoms with van der Waals surface area (Å²) >= 11 is 3.32. The maximum atomic E-state index is 11.7. The maximum Gasteiger partial charge on any atom is 0.234 e. The fourth-order valence-corrected chi connectivity index (χ4v) is 3.09. The second-order valence-electron chi connectivity index (χ2n) is 4.09. The second-order valence-corrected chi connectivity index (χ2v) is 6.71. The minimum atomic E-state index is -3.23. The zero-order valence-corrected chi connectivity index (χ0v) is 11.3. The molecule has 1 aromatic rings. The van der Waals surface area contributed by atoms with E-state index in [1.165, 1.54) is 0 Å². The first-order valence-electron chi connectivity index (χ1n) is 5.10. The van der Waals surface area contributed by atoms with Crippen molar-refractivity contribution in [2.45, 2.75) is 19.8 Å². The standard InChI is InChI=1S/C10H13BrN2O2S/c1-7-9(11)4-5-10(12-7)13-16(14,15)6-8-2-3-8/h4-5,8H,2-3,6H2,1H3,(H,12,13). The number of sulfonamides is 1. The summed E-state index contributed by atoms with van der Waals surface area (Å²) in [5.74, 6) is 0.944. The van der Waals surface area contributed by atoms with Crippen LogP contribution in [0.15, 0.2) is 16.6 Å². The highest BCUT2D eigenvalue weighted by Gasteiger charge is 2.28. The van der Waals surface area contributed by atoms with Gasteiger partial charge in [0.25, 0.3) is 0 Å². The minimum Gasteiger partial charge on any atom is -0.267 e. The summed E-state index contributed by atoms with van der Waals surface area (Å²) in [4.78, 5) is 4.15. The van der Waals surface area contributed by atoms with Crippen LogP contribution in [0.3, 0.4) is 0 Å². The van der Waals surface area contributed by atoms with Crippen molar-refractivity contribution in [1.82, 2.24) is 4.98 Å². The molecule has 0 spiro atoms. The normalized spacial score (nSPS) is 16.1. The molecule has 1 fully saturated rings. The number of hydrogen-bond donors (Lipinski definition) is 1. The van der Waals surface area contributed by atoms with Crippen LogP contribution in [0, 0.1) is 12.8 Å². The van der Waals surface area contributed by atoms with Crippen molar-refractivity contribution in [3.05, 3.63) is 22.3 Å². The molecular weight excluding hydrogens is 292 g/mol. The van der Waals surface area contributed by atoms with Gasteiger partial charge in [0.05, 0.1) is 11.4 Å². The number of nitrogens with zero attached hydrogens (tertiary/aromatic N) is 1. The summed E-state index contributed by atoms with van der Waals surface area (Å²) in [6.07, 6.45) is 2.04. The van der Waals surface area contributed by atoms with E-state index in [9.17, 15) is 8.42 Å². The lowest BCUT2D eigenvalue weighted by molar-refractivity contribution is 0.597. The van der Waals surface area contributed by atoms with Gasteiger partial charge in [-0.25, -0.2) is 13.4 Å². The molecule has 0 amide bonds. The number of rotatable bonds is 4. The molecule has 1 N–H and O–H groups in total. The van der Waals surface area contributed by atoms with Gasteiger partial charge in [-0.05, 0) is 53.7 Å². The first-order chi connectivity index (χ1) is 7.46. The van der Waals surface area contributed by atoms with E-state index in [-0.39, 0.29) is 5.75 Å². The molecule has 0 saturated heterocycles. The third-order valence-electron chi connectivity index (χ3n) is 2.43. The highest BCUT2D eigenvalue weighted by molar-refractivity contribution is 9.10. The molecule has 1 saturated carbocycles. The highest BCUT2D eigenvalue weighted by Crippen LogP contribution is 2.30. The van der Waals surface area contributed by atoms with Crippen LogP contribution < -0.4 is 4.72 Å². The average molecular weight is 305 g/mol. The first kappa shape index (κ1) is 11.9. The Kier molecular flexibility index (Phi) is 3.21. The highest BCUT2D eigenvalue weighted by atomic mass is 79.9. The summed E-state index contributed by atoms with van der Waals surface area (Å²) in [5, 5.41) is 0. The summed E-state index contributed by atoms with van der Waals surface area (Å²) in [5.41, 5.74) is 0.770. The number of pyridine rings is 1. The van der Waals surface area contributed by atoms with Gasteiger partial charge < -0.3 is 0 Å². The van der Waals surface area contributed by atoms with Crippen molar-refractivity contribution < 1.29 is 8.42 Å². The number of hydrogen-bond acceptors (Lipinski definition) is 3. The summed E-state index contributed by atoms with van der Waals surface area (Å²) < 4.78 is 26.7. The van der Waals surface area contributed by atoms with Crippen LogP contribution >= 0.6 is 15.9 Å². The van der Waals surface area contributed by atoms with Gasteiger partial charge in [-0.1, -0.05) is 0 Å². The third kappa shape index (κ3) is 3.18. The molecule has 2 rings (SSSR count). The quantitative estimate of drug-likeness (QED) is 0.928. The van der Waals surface area contributed by atoms with Gasteiger partial charge in [-0.15, -0.1) is 0 Å². The predicted octanol–water partition coefficient (Wildman–Crippen LogP) is 2.30. The van der Waals surface area contributed by atoms with Crippen molar-refractivity contribution in [3.8, 4) is 0 Å². The Morgan fingerprint density at radius 3 is 2.75 bits per heavy atom. The molecule has 0 aromatic carbocycles. The van der Waals surface area contributed by atoms with E-state index < -0.39 is 10.0 Å². The largest absolute Gasteiger partial charge is 0.267 e. The lowest BCUT2D eigenvalue weighted by Gasteiger charge is -2.07. The van der Waals surface area contributed by atoms with Crippen molar-refractivity contribution in [1.29, 1.82) is 0 Å². The van der Waals surface area contributed by atoms with Crippen molar-refractivity contribution >= 4 is 31.8 Å². The van der Waals surface area contributed by atoms with E-state index in [1.54, 1.807) is 12.1 Å². The molecule has 1 aromatic heterocycles. The Hall–Kier alpha value is -0.620. The molecular formula is C10H13BrN2O2S. The Bertz CT molecular complexity index is 498. The molecule has 1 aliphatic rings. The molecule has 16 heavy (non-hydrogen) atoms. The molecule has 0 aliphatic heterocycles. The van der Waals surface area contributed by atoms with Crippen LogP contribution in [0.25, 0.3) is 0 Å². The number of anilines is 1. The average Bonchev–Trinajstić information content (AvgIpc) is 2.94. The van der Waals surface area contributed by atoms with Gasteiger partial charge in [-0.2, -0.15) is 0 Å². The summed E-state index contributed by atoms with van der Waals surface area (Å²) in [6.45, 7) is 1.82. The predicted molar refractivity (Wildman–Crippen MR) is 66.8 cm³/mol. The van der Waals surface area contributed by atoms with Gasteiger partial charge in [0.1, 0.15) is 5.82 Å². The molecule has 1 aliphatic carbocycles. The van der Waals surface area contributed by atoms with E-state index in [1.807, 2.05) is 6.92 Å². The summed E-state index contributed by atoms with van der Waals surface area (Å²) in [6, 6.07) is 3.44. The molecule has 0 bridgehead atoms. The fourth-order valence-electron chi connectivity index (χ4n) is 1.40. The first-order valence-corrected chi connectivity index (χ1v) is 7.54. The van der Waals surface area contributed by atoms with E-state index in [0.717, 1.165) is 23.0 Å². The summed E-state index contributed by atoms with van der Waals surface area (Å²) in [7, 11) is -3.23. The van der Waals surface area contributed by atoms with Gasteiger partial charge in [0.2, 0.25) is 10.0 Å². The second kappa shape index (κ2) is 4.33. The Balaban J connectivity index is 2.10. The Morgan fingerprint density at radius 2 is 2.19 bits per heavy atom. The number of nitrogens with one attached hydrogen (secondary N) is 1. The van der Waals surface area contributed by atoms with E-state index in [2.05, 4.69) is 25.6 Å².